The molecule has 0 saturated heterocycles. The minimum Gasteiger partial charge on any atom is -0.414 e. The van der Waals surface area contributed by atoms with Crippen molar-refractivity contribution in [3.8, 4) is 0 Å². The molecule has 0 radical (unpaired) electrons. The van der Waals surface area contributed by atoms with Gasteiger partial charge in [0.15, 0.2) is 0 Å². The first-order chi connectivity index (χ1) is 6.59. The summed E-state index contributed by atoms with van der Waals surface area (Å²) in [4.78, 5) is 0. The van der Waals surface area contributed by atoms with Crippen molar-refractivity contribution < 1.29 is 4.42 Å². The Morgan fingerprint density at radius 1 is 1.57 bits per heavy atom. The molecule has 0 fully saturated rings. The van der Waals surface area contributed by atoms with Gasteiger partial charge in [0.1, 0.15) is 0 Å². The van der Waals surface area contributed by atoms with Crippen LogP contribution in [0.4, 0.5) is 0 Å². The first-order valence-electron chi connectivity index (χ1n) is 4.44. The van der Waals surface area contributed by atoms with Crippen molar-refractivity contribution in [1.82, 2.24) is 10.2 Å². The highest BCUT2D eigenvalue weighted by Gasteiger charge is 2.09. The van der Waals surface area contributed by atoms with Crippen LogP contribution in [0.3, 0.4) is 0 Å². The van der Waals surface area contributed by atoms with Crippen LogP contribution in [0.5, 0.6) is 0 Å². The molecule has 0 amide bonds. The summed E-state index contributed by atoms with van der Waals surface area (Å²) in [5, 5.41) is 8.28. The molecule has 0 aromatic carbocycles. The lowest BCUT2D eigenvalue weighted by Gasteiger charge is -1.94. The van der Waals surface area contributed by atoms with E-state index in [0.29, 0.717) is 11.1 Å². The first kappa shape index (κ1) is 11.3. The summed E-state index contributed by atoms with van der Waals surface area (Å²) >= 11 is 1.51. The zero-order valence-electron chi connectivity index (χ0n) is 8.65. The fourth-order valence-electron chi connectivity index (χ4n) is 0.742. The lowest BCUT2D eigenvalue weighted by Crippen LogP contribution is -2.04. The van der Waals surface area contributed by atoms with Crippen molar-refractivity contribution in [2.45, 2.75) is 32.0 Å². The topological polar surface area (TPSA) is 64.9 Å². The van der Waals surface area contributed by atoms with Crippen molar-refractivity contribution in [2.24, 2.45) is 5.73 Å². The highest BCUT2D eigenvalue weighted by atomic mass is 32.2. The number of nitrogens with zero attached hydrogens (tertiary/aromatic N) is 2. The molecule has 5 heteroatoms. The van der Waals surface area contributed by atoms with Crippen molar-refractivity contribution >= 4 is 11.8 Å². The summed E-state index contributed by atoms with van der Waals surface area (Å²) in [5.74, 6) is 1.34. The van der Waals surface area contributed by atoms with E-state index in [2.05, 4.69) is 30.1 Å². The monoisotopic (exact) mass is 213 g/mol. The van der Waals surface area contributed by atoms with Crippen LogP contribution in [0, 0.1) is 0 Å². The number of hydrogen-bond acceptors (Lipinski definition) is 5. The predicted molar refractivity (Wildman–Crippen MR) is 57.1 cm³/mol. The fraction of sp³-hybridized carbons (Fsp3) is 0.556. The maximum Gasteiger partial charge on any atom is 0.276 e. The Morgan fingerprint density at radius 3 is 2.79 bits per heavy atom. The number of nitrogens with two attached hydrogens (primary N) is 1. The lowest BCUT2D eigenvalue weighted by atomic mass is 10.3. The molecule has 14 heavy (non-hydrogen) atoms. The molecule has 0 aliphatic heterocycles. The van der Waals surface area contributed by atoms with Gasteiger partial charge in [-0.1, -0.05) is 23.4 Å². The lowest BCUT2D eigenvalue weighted by molar-refractivity contribution is 0.394. The average molecular weight is 213 g/mol. The number of hydrogen-bond donors (Lipinski definition) is 1. The van der Waals surface area contributed by atoms with Crippen molar-refractivity contribution in [2.75, 3.05) is 5.75 Å². The van der Waals surface area contributed by atoms with Crippen molar-refractivity contribution in [1.29, 1.82) is 0 Å². The Bertz CT molecular complexity index is 316. The van der Waals surface area contributed by atoms with Crippen LogP contribution in [0.25, 0.3) is 0 Å². The normalized spacial score (nSPS) is 12.6. The molecule has 1 heterocycles. The Hall–Kier alpha value is -0.810. The summed E-state index contributed by atoms with van der Waals surface area (Å²) in [5.41, 5.74) is 6.87. The Kier molecular flexibility index (Phi) is 4.16. The van der Waals surface area contributed by atoms with Gasteiger partial charge in [0.2, 0.25) is 5.89 Å². The average Bonchev–Trinajstić information content (AvgIpc) is 2.52. The third-order valence-corrected chi connectivity index (χ3v) is 2.26. The van der Waals surface area contributed by atoms with E-state index < -0.39 is 0 Å². The van der Waals surface area contributed by atoms with E-state index in [4.69, 9.17) is 10.2 Å². The second kappa shape index (κ2) is 5.17. The summed E-state index contributed by atoms with van der Waals surface area (Å²) in [7, 11) is 0. The third kappa shape index (κ3) is 3.51. The van der Waals surface area contributed by atoms with E-state index in [-0.39, 0.29) is 6.04 Å². The van der Waals surface area contributed by atoms with Gasteiger partial charge >= 0.3 is 0 Å². The van der Waals surface area contributed by atoms with Gasteiger partial charge in [0.25, 0.3) is 5.22 Å². The number of rotatable bonds is 4. The summed E-state index contributed by atoms with van der Waals surface area (Å²) < 4.78 is 5.31. The van der Waals surface area contributed by atoms with Gasteiger partial charge in [0, 0.05) is 5.75 Å². The molecule has 1 unspecified atom stereocenters. The predicted octanol–water partition coefficient (Wildman–Crippen LogP) is 2.15. The van der Waals surface area contributed by atoms with Gasteiger partial charge in [-0.25, -0.2) is 0 Å². The SMILES string of the molecule is CC(C)=CCSc1nnc(C(C)N)o1. The Morgan fingerprint density at radius 2 is 2.29 bits per heavy atom. The smallest absolute Gasteiger partial charge is 0.276 e. The zero-order valence-corrected chi connectivity index (χ0v) is 9.47. The van der Waals surface area contributed by atoms with Gasteiger partial charge < -0.3 is 10.2 Å². The van der Waals surface area contributed by atoms with Crippen molar-refractivity contribution in [3.63, 3.8) is 0 Å². The van der Waals surface area contributed by atoms with Crippen LogP contribution >= 0.6 is 11.8 Å². The van der Waals surface area contributed by atoms with Crippen LogP contribution in [0.2, 0.25) is 0 Å². The third-order valence-electron chi connectivity index (χ3n) is 1.51. The molecule has 0 saturated carbocycles. The largest absolute Gasteiger partial charge is 0.414 e. The number of thioether (sulfide) groups is 1. The van der Waals surface area contributed by atoms with Crippen molar-refractivity contribution in [3.05, 3.63) is 17.5 Å². The summed E-state index contributed by atoms with van der Waals surface area (Å²) in [6.07, 6.45) is 2.11. The Balaban J connectivity index is 2.48. The van der Waals surface area contributed by atoms with Crippen LogP contribution in [0.15, 0.2) is 21.3 Å². The van der Waals surface area contributed by atoms with E-state index in [0.717, 1.165) is 5.75 Å². The van der Waals surface area contributed by atoms with Crippen LogP contribution in [-0.2, 0) is 0 Å². The summed E-state index contributed by atoms with van der Waals surface area (Å²) in [6.45, 7) is 5.93. The molecular formula is C9H15N3OS. The molecule has 2 N–H and O–H groups in total. The van der Waals surface area contributed by atoms with Gasteiger partial charge in [-0.2, -0.15) is 0 Å². The second-order valence-corrected chi connectivity index (χ2v) is 4.26. The van der Waals surface area contributed by atoms with Gasteiger partial charge in [-0.05, 0) is 20.8 Å². The van der Waals surface area contributed by atoms with E-state index in [1.807, 2.05) is 6.92 Å². The molecular weight excluding hydrogens is 198 g/mol. The maximum absolute atomic E-state index is 5.59. The van der Waals surface area contributed by atoms with E-state index in [9.17, 15) is 0 Å². The molecule has 1 aromatic heterocycles. The van der Waals surface area contributed by atoms with E-state index in [1.165, 1.54) is 17.3 Å². The zero-order chi connectivity index (χ0) is 10.6. The molecule has 4 nitrogen and oxygen atoms in total. The second-order valence-electron chi connectivity index (χ2n) is 3.29. The van der Waals surface area contributed by atoms with Crippen LogP contribution in [0.1, 0.15) is 32.7 Å². The molecule has 0 aliphatic carbocycles. The minimum absolute atomic E-state index is 0.194. The highest BCUT2D eigenvalue weighted by molar-refractivity contribution is 7.99. The van der Waals surface area contributed by atoms with Gasteiger partial charge in [-0.15, -0.1) is 10.2 Å². The number of aromatic nitrogens is 2. The molecule has 1 rings (SSSR count). The molecule has 1 atom stereocenters. The Labute approximate surface area is 88.0 Å². The van der Waals surface area contributed by atoms with E-state index >= 15 is 0 Å². The minimum atomic E-state index is -0.194. The van der Waals surface area contributed by atoms with Gasteiger partial charge in [0.05, 0.1) is 6.04 Å². The molecule has 0 bridgehead atoms. The maximum atomic E-state index is 5.59. The van der Waals surface area contributed by atoms with Gasteiger partial charge in [-0.3, -0.25) is 0 Å². The van der Waals surface area contributed by atoms with Crippen LogP contribution in [-0.4, -0.2) is 16.0 Å². The molecule has 0 aliphatic rings. The standard InChI is InChI=1S/C9H15N3OS/c1-6(2)4-5-14-9-12-11-8(13-9)7(3)10/h4,7H,5,10H2,1-3H3. The highest BCUT2D eigenvalue weighted by Crippen LogP contribution is 2.18. The quantitative estimate of drug-likeness (QED) is 0.613. The van der Waals surface area contributed by atoms with Crippen LogP contribution < -0.4 is 5.73 Å². The first-order valence-corrected chi connectivity index (χ1v) is 5.43. The molecule has 0 spiro atoms. The molecule has 1 aromatic rings. The molecule has 78 valence electrons. The van der Waals surface area contributed by atoms with E-state index in [1.54, 1.807) is 0 Å². The fourth-order valence-corrected chi connectivity index (χ4v) is 1.54. The summed E-state index contributed by atoms with van der Waals surface area (Å²) in [6, 6.07) is -0.194. The number of allylic oxidation sites excluding steroid dienone is 1.